The molecule has 0 aliphatic carbocycles. The van der Waals surface area contributed by atoms with Crippen molar-refractivity contribution in [3.05, 3.63) is 89.7 Å². The number of anilines is 1. The molecule has 0 spiro atoms. The number of methoxy groups -OCH3 is 1. The molecule has 8 nitrogen and oxygen atoms in total. The van der Waals surface area contributed by atoms with Gasteiger partial charge in [0.1, 0.15) is 23.3 Å². The van der Waals surface area contributed by atoms with E-state index in [9.17, 15) is 9.59 Å². The number of carbonyl (C=O) groups is 2. The molecular formula is C25H25N5O3. The zero-order valence-corrected chi connectivity index (χ0v) is 18.2. The summed E-state index contributed by atoms with van der Waals surface area (Å²) in [5.41, 5.74) is 8.57. The van der Waals surface area contributed by atoms with Gasteiger partial charge in [0.05, 0.1) is 7.11 Å². The van der Waals surface area contributed by atoms with Gasteiger partial charge in [-0.2, -0.15) is 0 Å². The Hall–Kier alpha value is -4.33. The molecule has 2 aromatic carbocycles. The second-order valence-corrected chi connectivity index (χ2v) is 7.66. The second-order valence-electron chi connectivity index (χ2n) is 7.66. The fourth-order valence-electron chi connectivity index (χ4n) is 3.49. The quantitative estimate of drug-likeness (QED) is 0.334. The van der Waals surface area contributed by atoms with E-state index < -0.39 is 6.04 Å². The van der Waals surface area contributed by atoms with Crippen LogP contribution in [0, 0.1) is 0 Å². The highest BCUT2D eigenvalue weighted by atomic mass is 16.5. The van der Waals surface area contributed by atoms with E-state index >= 15 is 0 Å². The van der Waals surface area contributed by atoms with E-state index in [1.807, 2.05) is 48.5 Å². The predicted octanol–water partition coefficient (Wildman–Crippen LogP) is 2.81. The first-order chi connectivity index (χ1) is 16.0. The number of nitrogens with two attached hydrogens (primary N) is 1. The molecule has 0 aliphatic heterocycles. The van der Waals surface area contributed by atoms with E-state index in [2.05, 4.69) is 20.6 Å². The molecule has 0 saturated heterocycles. The molecule has 1 atom stereocenters. The van der Waals surface area contributed by atoms with Crippen molar-refractivity contribution in [2.45, 2.75) is 19.0 Å². The summed E-state index contributed by atoms with van der Waals surface area (Å²) in [7, 11) is 1.60. The van der Waals surface area contributed by atoms with E-state index in [0.29, 0.717) is 17.9 Å². The van der Waals surface area contributed by atoms with Gasteiger partial charge >= 0.3 is 0 Å². The lowest BCUT2D eigenvalue weighted by atomic mass is 10.0. The molecule has 0 aliphatic rings. The van der Waals surface area contributed by atoms with Gasteiger partial charge in [-0.15, -0.1) is 0 Å². The zero-order chi connectivity index (χ0) is 23.2. The Bertz CT molecular complexity index is 1220. The van der Waals surface area contributed by atoms with Gasteiger partial charge in [0, 0.05) is 30.1 Å². The fraction of sp³-hybridized carbons (Fsp3) is 0.160. The van der Waals surface area contributed by atoms with Crippen molar-refractivity contribution in [2.24, 2.45) is 0 Å². The molecule has 0 bridgehead atoms. The number of nitrogen functional groups attached to an aromatic ring is 1. The van der Waals surface area contributed by atoms with Crippen molar-refractivity contribution in [2.75, 3.05) is 12.8 Å². The normalized spacial score (nSPS) is 11.7. The number of rotatable bonds is 8. The zero-order valence-electron chi connectivity index (χ0n) is 18.2. The third kappa shape index (κ3) is 5.48. The van der Waals surface area contributed by atoms with Crippen molar-refractivity contribution >= 4 is 28.5 Å². The molecule has 2 amide bonds. The number of nitrogens with zero attached hydrogens (tertiary/aromatic N) is 1. The van der Waals surface area contributed by atoms with E-state index in [1.54, 1.807) is 31.5 Å². The maximum Gasteiger partial charge on any atom is 0.268 e. The van der Waals surface area contributed by atoms with Crippen LogP contribution in [-0.4, -0.2) is 34.9 Å². The summed E-state index contributed by atoms with van der Waals surface area (Å²) >= 11 is 0. The van der Waals surface area contributed by atoms with Crippen molar-refractivity contribution in [1.82, 2.24) is 20.6 Å². The van der Waals surface area contributed by atoms with Gasteiger partial charge in [0.2, 0.25) is 5.91 Å². The van der Waals surface area contributed by atoms with Crippen LogP contribution in [-0.2, 0) is 17.8 Å². The number of para-hydroxylation sites is 1. The summed E-state index contributed by atoms with van der Waals surface area (Å²) in [5.74, 6) is 0.479. The van der Waals surface area contributed by atoms with Crippen LogP contribution < -0.4 is 21.1 Å². The highest BCUT2D eigenvalue weighted by Gasteiger charge is 2.23. The molecule has 0 radical (unpaired) electrons. The number of amides is 2. The maximum absolute atomic E-state index is 13.0. The highest BCUT2D eigenvalue weighted by molar-refractivity contribution is 6.00. The molecule has 168 valence electrons. The highest BCUT2D eigenvalue weighted by Crippen LogP contribution is 2.16. The van der Waals surface area contributed by atoms with Gasteiger partial charge in [0.15, 0.2) is 0 Å². The van der Waals surface area contributed by atoms with Crippen LogP contribution in [0.3, 0.4) is 0 Å². The Labute approximate surface area is 191 Å². The number of pyridine rings is 1. The molecule has 0 unspecified atom stereocenters. The van der Waals surface area contributed by atoms with Gasteiger partial charge in [-0.1, -0.05) is 36.4 Å². The van der Waals surface area contributed by atoms with Crippen LogP contribution in [0.2, 0.25) is 0 Å². The monoisotopic (exact) mass is 443 g/mol. The lowest BCUT2D eigenvalue weighted by Gasteiger charge is -2.18. The van der Waals surface area contributed by atoms with Crippen LogP contribution in [0.4, 0.5) is 5.82 Å². The molecule has 2 aromatic heterocycles. The third-order valence-electron chi connectivity index (χ3n) is 5.31. The minimum atomic E-state index is -0.779. The number of hydrogen-bond acceptors (Lipinski definition) is 5. The largest absolute Gasteiger partial charge is 0.497 e. The number of carbonyl (C=O) groups excluding carboxylic acids is 2. The second kappa shape index (κ2) is 9.86. The van der Waals surface area contributed by atoms with Gasteiger partial charge in [-0.05, 0) is 41.5 Å². The molecule has 4 rings (SSSR count). The molecule has 2 heterocycles. The Morgan fingerprint density at radius 3 is 2.52 bits per heavy atom. The Balaban J connectivity index is 1.50. The molecule has 5 N–H and O–H groups in total. The van der Waals surface area contributed by atoms with Gasteiger partial charge in [-0.3, -0.25) is 9.59 Å². The molecule has 8 heteroatoms. The number of ether oxygens (including phenoxy) is 1. The Kier molecular flexibility index (Phi) is 6.54. The lowest BCUT2D eigenvalue weighted by Crippen LogP contribution is -2.48. The Morgan fingerprint density at radius 1 is 1.06 bits per heavy atom. The predicted molar refractivity (Wildman–Crippen MR) is 127 cm³/mol. The summed E-state index contributed by atoms with van der Waals surface area (Å²) in [6, 6.07) is 19.5. The first kappa shape index (κ1) is 21.9. The minimum absolute atomic E-state index is 0.271. The minimum Gasteiger partial charge on any atom is -0.497 e. The fourth-order valence-corrected chi connectivity index (χ4v) is 3.49. The van der Waals surface area contributed by atoms with E-state index in [4.69, 9.17) is 10.5 Å². The van der Waals surface area contributed by atoms with Crippen molar-refractivity contribution in [1.29, 1.82) is 0 Å². The first-order valence-electron chi connectivity index (χ1n) is 10.5. The number of aromatic amines is 1. The summed E-state index contributed by atoms with van der Waals surface area (Å²) < 4.78 is 5.20. The molecule has 33 heavy (non-hydrogen) atoms. The Morgan fingerprint density at radius 2 is 1.82 bits per heavy atom. The van der Waals surface area contributed by atoms with Crippen molar-refractivity contribution in [3.8, 4) is 5.75 Å². The maximum atomic E-state index is 13.0. The number of hydrogen-bond donors (Lipinski definition) is 4. The topological polar surface area (TPSA) is 122 Å². The average molecular weight is 444 g/mol. The standard InChI is InChI=1S/C25H25N5O3/c1-33-19-9-6-16(7-10-19)12-21(24(31)28-15-17-8-11-23(26)27-14-17)30-25(32)22-13-18-4-2-3-5-20(18)29-22/h2-11,13-14,21,29H,12,15H2,1H3,(H2,26,27)(H,28,31)(H,30,32)/t21-/m0/s1. The summed E-state index contributed by atoms with van der Waals surface area (Å²) in [5, 5.41) is 6.67. The van der Waals surface area contributed by atoms with Crippen molar-refractivity contribution in [3.63, 3.8) is 0 Å². The molecule has 0 saturated carbocycles. The van der Waals surface area contributed by atoms with Crippen molar-refractivity contribution < 1.29 is 14.3 Å². The number of aromatic nitrogens is 2. The van der Waals surface area contributed by atoms with Gasteiger partial charge in [0.25, 0.3) is 5.91 Å². The molecule has 4 aromatic rings. The average Bonchev–Trinajstić information content (AvgIpc) is 3.28. The number of benzene rings is 2. The van der Waals surface area contributed by atoms with E-state index in [1.165, 1.54) is 0 Å². The van der Waals surface area contributed by atoms with Crippen LogP contribution >= 0.6 is 0 Å². The van der Waals surface area contributed by atoms with Gasteiger partial charge < -0.3 is 26.1 Å². The van der Waals surface area contributed by atoms with Crippen LogP contribution in [0.5, 0.6) is 5.75 Å². The number of fused-ring (bicyclic) bond motifs is 1. The summed E-state index contributed by atoms with van der Waals surface area (Å²) in [6.45, 7) is 0.271. The number of nitrogens with one attached hydrogen (secondary N) is 3. The SMILES string of the molecule is COc1ccc(C[C@H](NC(=O)c2cc3ccccc3[nH]2)C(=O)NCc2ccc(N)nc2)cc1. The smallest absolute Gasteiger partial charge is 0.268 e. The molecule has 0 fully saturated rings. The molecular weight excluding hydrogens is 418 g/mol. The number of H-pyrrole nitrogens is 1. The van der Waals surface area contributed by atoms with E-state index in [-0.39, 0.29) is 18.4 Å². The lowest BCUT2D eigenvalue weighted by molar-refractivity contribution is -0.123. The summed E-state index contributed by atoms with van der Waals surface area (Å²) in [4.78, 5) is 33.1. The first-order valence-corrected chi connectivity index (χ1v) is 10.5. The van der Waals surface area contributed by atoms with Crippen LogP contribution in [0.1, 0.15) is 21.6 Å². The third-order valence-corrected chi connectivity index (χ3v) is 5.31. The van der Waals surface area contributed by atoms with Crippen LogP contribution in [0.15, 0.2) is 72.9 Å². The van der Waals surface area contributed by atoms with Crippen LogP contribution in [0.25, 0.3) is 10.9 Å². The van der Waals surface area contributed by atoms with E-state index in [0.717, 1.165) is 27.8 Å². The summed E-state index contributed by atoms with van der Waals surface area (Å²) in [6.07, 6.45) is 1.93. The van der Waals surface area contributed by atoms with Gasteiger partial charge in [-0.25, -0.2) is 4.98 Å².